The molecule has 0 atom stereocenters. The van der Waals surface area contributed by atoms with Crippen molar-refractivity contribution in [2.75, 3.05) is 33.0 Å². The quantitative estimate of drug-likeness (QED) is 0.163. The van der Waals surface area contributed by atoms with Crippen LogP contribution in [0.25, 0.3) is 0 Å². The van der Waals surface area contributed by atoms with E-state index >= 15 is 0 Å². The number of nitrogens with two attached hydrogens (primary N) is 1. The van der Waals surface area contributed by atoms with Gasteiger partial charge in [-0.1, -0.05) is 6.92 Å². The minimum absolute atomic E-state index is 0. The molecular weight excluding hydrogens is 535 g/mol. The Morgan fingerprint density at radius 2 is 1.53 bits per heavy atom. The summed E-state index contributed by atoms with van der Waals surface area (Å²) < 4.78 is 20.2. The Balaban J connectivity index is -0.000000320. The molecule has 0 radical (unpaired) electrons. The molecule has 4 nitrogen and oxygen atoms in total. The van der Waals surface area contributed by atoms with Gasteiger partial charge in [0, 0.05) is 0 Å². The molecule has 0 fully saturated rings. The van der Waals surface area contributed by atoms with Crippen LogP contribution >= 0.6 is 0 Å². The summed E-state index contributed by atoms with van der Waals surface area (Å²) >= 11 is -0.543. The van der Waals surface area contributed by atoms with Crippen LogP contribution in [-0.2, 0) is 12.5 Å². The Morgan fingerprint density at radius 1 is 1.07 bits per heavy atom. The first kappa shape index (κ1) is 21.9. The first-order valence-corrected chi connectivity index (χ1v) is 6.65. The zero-order valence-electron chi connectivity index (χ0n) is 9.34. The molecule has 0 rings (SSSR count). The largest absolute Gasteiger partial charge is 2.00 e. The van der Waals surface area contributed by atoms with Gasteiger partial charge in [0.05, 0.1) is 0 Å². The summed E-state index contributed by atoms with van der Waals surface area (Å²) in [5.41, 5.74) is 0. The SMILES string of the molecule is [CH2-]CC.[CH2-]COCCOCCO[I-]N.[U+2]. The predicted octanol–water partition coefficient (Wildman–Crippen LogP) is -2.02. The van der Waals surface area contributed by atoms with Gasteiger partial charge in [-0.2, -0.15) is 6.42 Å². The Bertz CT molecular complexity index is 83.8. The average Bonchev–Trinajstić information content (AvgIpc) is 2.18. The minimum atomic E-state index is -0.543. The van der Waals surface area contributed by atoms with Gasteiger partial charge in [-0.25, -0.2) is 0 Å². The van der Waals surface area contributed by atoms with Crippen LogP contribution in [0, 0.1) is 45.0 Å². The summed E-state index contributed by atoms with van der Waals surface area (Å²) in [5.74, 6) is 0. The van der Waals surface area contributed by atoms with E-state index < -0.39 is 21.9 Å². The van der Waals surface area contributed by atoms with Gasteiger partial charge < -0.3 is 6.92 Å². The predicted molar refractivity (Wildman–Crippen MR) is 52.8 cm³/mol. The normalized spacial score (nSPS) is 9.07. The van der Waals surface area contributed by atoms with Crippen LogP contribution < -0.4 is 25.8 Å². The van der Waals surface area contributed by atoms with Crippen molar-refractivity contribution in [3.63, 3.8) is 0 Å². The number of halogens is 1. The zero-order chi connectivity index (χ0) is 11.1. The molecule has 0 aliphatic rings. The summed E-state index contributed by atoms with van der Waals surface area (Å²) in [7, 11) is 0. The van der Waals surface area contributed by atoms with Crippen LogP contribution in [0.5, 0.6) is 0 Å². The van der Waals surface area contributed by atoms with Crippen molar-refractivity contribution >= 4 is 0 Å². The average molecular weight is 556 g/mol. The molecule has 0 aromatic rings. The Hall–Kier alpha value is 1.62. The van der Waals surface area contributed by atoms with Gasteiger partial charge in [0.25, 0.3) is 0 Å². The number of ether oxygens (including phenoxy) is 2. The third kappa shape index (κ3) is 31.3. The van der Waals surface area contributed by atoms with Crippen LogP contribution in [-0.4, -0.2) is 33.0 Å². The van der Waals surface area contributed by atoms with Gasteiger partial charge in [-0.15, -0.1) is 0 Å². The second-order valence-corrected chi connectivity index (χ2v) is 3.26. The Morgan fingerprint density at radius 3 is 2.00 bits per heavy atom. The van der Waals surface area contributed by atoms with E-state index in [4.69, 9.17) is 16.5 Å². The van der Waals surface area contributed by atoms with Crippen molar-refractivity contribution in [2.24, 2.45) is 3.95 Å². The molecule has 0 unspecified atom stereocenters. The molecule has 0 saturated heterocycles. The van der Waals surface area contributed by atoms with Crippen molar-refractivity contribution in [1.29, 1.82) is 0 Å². The molecule has 0 aliphatic heterocycles. The van der Waals surface area contributed by atoms with Crippen LogP contribution in [0.3, 0.4) is 0 Å². The van der Waals surface area contributed by atoms with Gasteiger partial charge in [-0.05, 0) is 0 Å². The summed E-state index contributed by atoms with van der Waals surface area (Å²) in [6, 6.07) is 0. The molecule has 15 heavy (non-hydrogen) atoms. The molecule has 0 heterocycles. The summed E-state index contributed by atoms with van der Waals surface area (Å²) in [5, 5.41) is 0. The molecule has 0 spiro atoms. The molecule has 0 amide bonds. The molecule has 92 valence electrons. The molecule has 0 aromatic heterocycles. The van der Waals surface area contributed by atoms with Crippen LogP contribution in [0.4, 0.5) is 0 Å². The van der Waals surface area contributed by atoms with Gasteiger partial charge in [-0.3, -0.25) is 0 Å². The fourth-order valence-corrected chi connectivity index (χ4v) is 0.891. The van der Waals surface area contributed by atoms with E-state index in [1.807, 2.05) is 6.92 Å². The van der Waals surface area contributed by atoms with Crippen molar-refractivity contribution in [3.8, 4) is 0 Å². The van der Waals surface area contributed by atoms with E-state index in [0.29, 0.717) is 33.0 Å². The maximum Gasteiger partial charge on any atom is 2.00 e. The minimum Gasteiger partial charge on any atom is 2.00 e. The maximum atomic E-state index is 5.19. The van der Waals surface area contributed by atoms with Crippen LogP contribution in [0.2, 0.25) is 0 Å². The number of hydrogen-bond donors (Lipinski definition) is 1. The fraction of sp³-hybridized carbons (Fsp3) is 0.778. The Kier molecular flexibility index (Phi) is 36.0. The summed E-state index contributed by atoms with van der Waals surface area (Å²) in [4.78, 5) is 0. The van der Waals surface area contributed by atoms with Gasteiger partial charge in [0.2, 0.25) is 0 Å². The first-order valence-electron chi connectivity index (χ1n) is 4.52. The van der Waals surface area contributed by atoms with Gasteiger partial charge in [0.15, 0.2) is 0 Å². The molecule has 2 N–H and O–H groups in total. The fourth-order valence-electron chi connectivity index (χ4n) is 0.457. The summed E-state index contributed by atoms with van der Waals surface area (Å²) in [6.45, 7) is 11.9. The van der Waals surface area contributed by atoms with Crippen molar-refractivity contribution in [3.05, 3.63) is 13.8 Å². The van der Waals surface area contributed by atoms with Gasteiger partial charge >= 0.3 is 109 Å². The standard InChI is InChI=1S/C6H14INO3.C3H7.U/c1-2-9-3-4-10-5-6-11-7-8;1-3-2;/h1-6,8H2;1,3H2,2H3;/q-2;-1;+2. The monoisotopic (exact) mass is 556 g/mol. The molecule has 0 saturated carbocycles. The second-order valence-electron chi connectivity index (χ2n) is 2.13. The smallest absolute Gasteiger partial charge is 2.00 e. The maximum absolute atomic E-state index is 5.19. The van der Waals surface area contributed by atoms with E-state index in [0.717, 1.165) is 6.42 Å². The van der Waals surface area contributed by atoms with E-state index in [2.05, 4.69) is 13.8 Å². The summed E-state index contributed by atoms with van der Waals surface area (Å²) in [6.07, 6.45) is 1.00. The van der Waals surface area contributed by atoms with E-state index in [9.17, 15) is 0 Å². The molecule has 0 aromatic carbocycles. The molecule has 0 aliphatic carbocycles. The number of hydrogen-bond acceptors (Lipinski definition) is 4. The van der Waals surface area contributed by atoms with Gasteiger partial charge in [0.1, 0.15) is 0 Å². The van der Waals surface area contributed by atoms with Crippen molar-refractivity contribution < 1.29 is 65.5 Å². The molecular formula is C9H21INO3U-. The van der Waals surface area contributed by atoms with Crippen molar-refractivity contribution in [2.45, 2.75) is 13.3 Å². The molecule has 6 heteroatoms. The topological polar surface area (TPSA) is 53.7 Å². The third-order valence-corrected chi connectivity index (χ3v) is 1.68. The van der Waals surface area contributed by atoms with E-state index in [1.54, 1.807) is 0 Å². The van der Waals surface area contributed by atoms with Crippen LogP contribution in [0.1, 0.15) is 13.3 Å². The van der Waals surface area contributed by atoms with Crippen LogP contribution in [0.15, 0.2) is 0 Å². The third-order valence-electron chi connectivity index (χ3n) is 0.884. The van der Waals surface area contributed by atoms with E-state index in [-0.39, 0.29) is 31.1 Å². The second kappa shape index (κ2) is 24.7. The Labute approximate surface area is 129 Å². The number of rotatable bonds is 8. The zero-order valence-corrected chi connectivity index (χ0v) is 15.7. The molecule has 0 bridgehead atoms. The van der Waals surface area contributed by atoms with Crippen molar-refractivity contribution in [1.82, 2.24) is 0 Å². The first-order chi connectivity index (χ1) is 6.83. The van der Waals surface area contributed by atoms with E-state index in [1.165, 1.54) is 0 Å².